The minimum absolute atomic E-state index is 0.0914. The molecular formula is C8H12O. The molecule has 50 valence electrons. The van der Waals surface area contributed by atoms with Crippen molar-refractivity contribution in [1.29, 1.82) is 0 Å². The van der Waals surface area contributed by atoms with E-state index in [-0.39, 0.29) is 6.10 Å². The molecule has 0 amide bonds. The van der Waals surface area contributed by atoms with Crippen molar-refractivity contribution in [2.24, 2.45) is 0 Å². The third kappa shape index (κ3) is 1.73. The van der Waals surface area contributed by atoms with Crippen molar-refractivity contribution in [3.05, 3.63) is 0 Å². The highest BCUT2D eigenvalue weighted by atomic mass is 16.5. The first-order chi connectivity index (χ1) is 4.33. The number of terminal acetylenes is 1. The van der Waals surface area contributed by atoms with Gasteiger partial charge in [-0.25, -0.2) is 0 Å². The van der Waals surface area contributed by atoms with Crippen LogP contribution in [0.2, 0.25) is 0 Å². The van der Waals surface area contributed by atoms with Gasteiger partial charge in [-0.3, -0.25) is 0 Å². The second-order valence-electron chi connectivity index (χ2n) is 2.53. The number of hydrogen-bond acceptors (Lipinski definition) is 1. The highest BCUT2D eigenvalue weighted by molar-refractivity contribution is 4.96. The van der Waals surface area contributed by atoms with Gasteiger partial charge in [-0.05, 0) is 26.2 Å². The molecule has 1 heteroatoms. The Kier molecular flexibility index (Phi) is 2.13. The Labute approximate surface area is 56.4 Å². The van der Waals surface area contributed by atoms with Crippen LogP contribution >= 0.6 is 0 Å². The predicted molar refractivity (Wildman–Crippen MR) is 37.0 cm³/mol. The predicted octanol–water partition coefficient (Wildman–Crippen LogP) is 1.58. The van der Waals surface area contributed by atoms with Crippen LogP contribution in [0.1, 0.15) is 26.2 Å². The fraction of sp³-hybridized carbons (Fsp3) is 0.750. The topological polar surface area (TPSA) is 9.23 Å². The van der Waals surface area contributed by atoms with Crippen molar-refractivity contribution < 1.29 is 4.74 Å². The molecule has 1 nitrogen and oxygen atoms in total. The third-order valence-corrected chi connectivity index (χ3v) is 1.66. The summed E-state index contributed by atoms with van der Waals surface area (Å²) in [6.07, 6.45) is 9.08. The summed E-state index contributed by atoms with van der Waals surface area (Å²) in [5.74, 6) is 2.61. The lowest BCUT2D eigenvalue weighted by atomic mass is 10.1. The molecule has 0 spiro atoms. The molecule has 9 heavy (non-hydrogen) atoms. The van der Waals surface area contributed by atoms with Gasteiger partial charge in [-0.1, -0.05) is 5.92 Å². The summed E-state index contributed by atoms with van der Waals surface area (Å²) in [6, 6.07) is 0. The number of rotatable bonds is 0. The summed E-state index contributed by atoms with van der Waals surface area (Å²) in [6.45, 7) is 2.07. The van der Waals surface area contributed by atoms with Gasteiger partial charge in [-0.2, -0.15) is 0 Å². The van der Waals surface area contributed by atoms with Crippen LogP contribution in [-0.2, 0) is 4.74 Å². The van der Waals surface area contributed by atoms with E-state index in [1.165, 1.54) is 6.42 Å². The van der Waals surface area contributed by atoms with Crippen LogP contribution in [0.5, 0.6) is 0 Å². The molecular weight excluding hydrogens is 112 g/mol. The minimum atomic E-state index is 0.0914. The molecule has 1 fully saturated rings. The fourth-order valence-corrected chi connectivity index (χ4v) is 1.13. The highest BCUT2D eigenvalue weighted by Crippen LogP contribution is 2.17. The quantitative estimate of drug-likeness (QED) is 0.445. The van der Waals surface area contributed by atoms with Gasteiger partial charge in [0.25, 0.3) is 0 Å². The monoisotopic (exact) mass is 124 g/mol. The first-order valence-electron chi connectivity index (χ1n) is 3.44. The van der Waals surface area contributed by atoms with Crippen molar-refractivity contribution in [3.63, 3.8) is 0 Å². The molecule has 1 rings (SSSR count). The first-order valence-corrected chi connectivity index (χ1v) is 3.44. The molecule has 0 bridgehead atoms. The largest absolute Gasteiger partial charge is 0.363 e. The van der Waals surface area contributed by atoms with Crippen LogP contribution in [0, 0.1) is 12.3 Å². The van der Waals surface area contributed by atoms with Gasteiger partial charge in [0.2, 0.25) is 0 Å². The van der Waals surface area contributed by atoms with Crippen LogP contribution in [-0.4, -0.2) is 12.2 Å². The molecule has 0 saturated carbocycles. The summed E-state index contributed by atoms with van der Waals surface area (Å²) in [5, 5.41) is 0. The van der Waals surface area contributed by atoms with Crippen molar-refractivity contribution in [3.8, 4) is 12.3 Å². The number of hydrogen-bond donors (Lipinski definition) is 0. The molecule has 1 saturated heterocycles. The highest BCUT2D eigenvalue weighted by Gasteiger charge is 2.15. The molecule has 2 atom stereocenters. The Bertz CT molecular complexity index is 123. The van der Waals surface area contributed by atoms with E-state index in [4.69, 9.17) is 11.2 Å². The lowest BCUT2D eigenvalue weighted by Crippen LogP contribution is -2.23. The van der Waals surface area contributed by atoms with E-state index >= 15 is 0 Å². The average Bonchev–Trinajstić information content (AvgIpc) is 1.88. The standard InChI is InChI=1S/C8H12O/c1-3-8-6-4-5-7(2)9-8/h1,7-8H,4-6H2,2H3/t7-,8-/m1/s1. The maximum atomic E-state index is 5.40. The zero-order valence-electron chi connectivity index (χ0n) is 5.76. The molecule has 1 aliphatic rings. The molecule has 0 aliphatic carbocycles. The van der Waals surface area contributed by atoms with Gasteiger partial charge in [0.1, 0.15) is 6.10 Å². The maximum Gasteiger partial charge on any atom is 0.118 e. The Balaban J connectivity index is 2.34. The van der Waals surface area contributed by atoms with Crippen molar-refractivity contribution in [2.75, 3.05) is 0 Å². The molecule has 1 aliphatic heterocycles. The van der Waals surface area contributed by atoms with Crippen LogP contribution < -0.4 is 0 Å². The summed E-state index contributed by atoms with van der Waals surface area (Å²) < 4.78 is 5.40. The molecule has 0 radical (unpaired) electrons. The van der Waals surface area contributed by atoms with E-state index in [0.717, 1.165) is 12.8 Å². The van der Waals surface area contributed by atoms with Crippen molar-refractivity contribution in [2.45, 2.75) is 38.4 Å². The lowest BCUT2D eigenvalue weighted by molar-refractivity contribution is -0.00900. The van der Waals surface area contributed by atoms with Crippen LogP contribution in [0.3, 0.4) is 0 Å². The van der Waals surface area contributed by atoms with Crippen LogP contribution in [0.4, 0.5) is 0 Å². The maximum absolute atomic E-state index is 5.40. The van der Waals surface area contributed by atoms with Gasteiger partial charge in [0, 0.05) is 0 Å². The van der Waals surface area contributed by atoms with Gasteiger partial charge >= 0.3 is 0 Å². The lowest BCUT2D eigenvalue weighted by Gasteiger charge is -2.23. The molecule has 1 heterocycles. The molecule has 0 aromatic carbocycles. The summed E-state index contributed by atoms with van der Waals surface area (Å²) in [7, 11) is 0. The Morgan fingerprint density at radius 1 is 1.56 bits per heavy atom. The summed E-state index contributed by atoms with van der Waals surface area (Å²) >= 11 is 0. The fourth-order valence-electron chi connectivity index (χ4n) is 1.13. The van der Waals surface area contributed by atoms with Gasteiger partial charge < -0.3 is 4.74 Å². The Hall–Kier alpha value is -0.480. The van der Waals surface area contributed by atoms with Gasteiger partial charge in [0.05, 0.1) is 6.10 Å². The van der Waals surface area contributed by atoms with E-state index in [2.05, 4.69) is 12.8 Å². The Morgan fingerprint density at radius 3 is 2.78 bits per heavy atom. The first kappa shape index (κ1) is 6.64. The summed E-state index contributed by atoms with van der Waals surface area (Å²) in [4.78, 5) is 0. The molecule has 0 unspecified atom stereocenters. The van der Waals surface area contributed by atoms with Crippen molar-refractivity contribution in [1.82, 2.24) is 0 Å². The number of ether oxygens (including phenoxy) is 1. The zero-order valence-corrected chi connectivity index (χ0v) is 5.76. The normalized spacial score (nSPS) is 35.6. The second kappa shape index (κ2) is 2.89. The second-order valence-corrected chi connectivity index (χ2v) is 2.53. The third-order valence-electron chi connectivity index (χ3n) is 1.66. The molecule has 0 aromatic rings. The van der Waals surface area contributed by atoms with Gasteiger partial charge in [0.15, 0.2) is 0 Å². The van der Waals surface area contributed by atoms with Crippen LogP contribution in [0.15, 0.2) is 0 Å². The smallest absolute Gasteiger partial charge is 0.118 e. The minimum Gasteiger partial charge on any atom is -0.363 e. The Morgan fingerprint density at radius 2 is 2.33 bits per heavy atom. The van der Waals surface area contributed by atoms with Crippen LogP contribution in [0.25, 0.3) is 0 Å². The van der Waals surface area contributed by atoms with E-state index < -0.39 is 0 Å². The molecule has 0 aromatic heterocycles. The van der Waals surface area contributed by atoms with E-state index in [1.54, 1.807) is 0 Å². The van der Waals surface area contributed by atoms with E-state index in [9.17, 15) is 0 Å². The zero-order chi connectivity index (χ0) is 6.69. The molecule has 0 N–H and O–H groups in total. The summed E-state index contributed by atoms with van der Waals surface area (Å²) in [5.41, 5.74) is 0. The van der Waals surface area contributed by atoms with Gasteiger partial charge in [-0.15, -0.1) is 6.42 Å². The SMILES string of the molecule is C#C[C@@H]1CCC[C@@H](C)O1. The van der Waals surface area contributed by atoms with E-state index in [0.29, 0.717) is 6.10 Å². The van der Waals surface area contributed by atoms with E-state index in [1.807, 2.05) is 0 Å². The van der Waals surface area contributed by atoms with Crippen molar-refractivity contribution >= 4 is 0 Å². The average molecular weight is 124 g/mol.